The monoisotopic (exact) mass is 352 g/mol. The molecular weight excluding hydrogens is 328 g/mol. The first-order chi connectivity index (χ1) is 12.8. The van der Waals surface area contributed by atoms with Crippen molar-refractivity contribution in [2.75, 3.05) is 6.54 Å². The molecule has 2 aromatic heterocycles. The van der Waals surface area contributed by atoms with Crippen LogP contribution in [-0.2, 0) is 18.3 Å². The van der Waals surface area contributed by atoms with Gasteiger partial charge < -0.3 is 14.6 Å². The summed E-state index contributed by atoms with van der Waals surface area (Å²) in [4.78, 5) is 9.33. The molecule has 26 heavy (non-hydrogen) atoms. The van der Waals surface area contributed by atoms with E-state index in [4.69, 9.17) is 9.72 Å². The first-order valence-electron chi connectivity index (χ1n) is 9.46. The highest BCUT2D eigenvalue weighted by Gasteiger charge is 2.32. The SMILES string of the molecule is Cn1c(CNC[C@H]2CC[C@@H](c3nc(C4CC4)n[nH]3)O2)nc2ccccc21. The van der Waals surface area contributed by atoms with E-state index in [0.29, 0.717) is 5.92 Å². The summed E-state index contributed by atoms with van der Waals surface area (Å²) >= 11 is 0. The zero-order valence-electron chi connectivity index (χ0n) is 15.0. The molecular formula is C19H24N6O. The van der Waals surface area contributed by atoms with Crippen molar-refractivity contribution in [1.29, 1.82) is 0 Å². The van der Waals surface area contributed by atoms with Crippen LogP contribution in [0.2, 0.25) is 0 Å². The van der Waals surface area contributed by atoms with E-state index in [1.54, 1.807) is 0 Å². The first-order valence-corrected chi connectivity index (χ1v) is 9.46. The van der Waals surface area contributed by atoms with Gasteiger partial charge in [0.2, 0.25) is 0 Å². The number of nitrogens with one attached hydrogen (secondary N) is 2. The Bertz CT molecular complexity index is 912. The fourth-order valence-electron chi connectivity index (χ4n) is 3.71. The lowest BCUT2D eigenvalue weighted by molar-refractivity contribution is 0.0399. The summed E-state index contributed by atoms with van der Waals surface area (Å²) in [6.07, 6.45) is 4.74. The van der Waals surface area contributed by atoms with Gasteiger partial charge in [-0.25, -0.2) is 9.97 Å². The molecule has 1 aliphatic carbocycles. The average molecular weight is 352 g/mol. The predicted octanol–water partition coefficient (Wildman–Crippen LogP) is 2.58. The molecule has 136 valence electrons. The van der Waals surface area contributed by atoms with Crippen molar-refractivity contribution in [1.82, 2.24) is 30.0 Å². The number of aromatic nitrogens is 5. The zero-order chi connectivity index (χ0) is 17.5. The zero-order valence-corrected chi connectivity index (χ0v) is 15.0. The maximum Gasteiger partial charge on any atom is 0.153 e. The van der Waals surface area contributed by atoms with Gasteiger partial charge in [0.1, 0.15) is 11.9 Å². The lowest BCUT2D eigenvalue weighted by atomic mass is 10.2. The molecule has 1 saturated heterocycles. The third-order valence-electron chi connectivity index (χ3n) is 5.41. The Morgan fingerprint density at radius 1 is 1.19 bits per heavy atom. The highest BCUT2D eigenvalue weighted by atomic mass is 16.5. The van der Waals surface area contributed by atoms with Crippen molar-refractivity contribution in [3.8, 4) is 0 Å². The number of aromatic amines is 1. The lowest BCUT2D eigenvalue weighted by Gasteiger charge is -2.13. The van der Waals surface area contributed by atoms with Gasteiger partial charge in [-0.05, 0) is 37.8 Å². The molecule has 1 aromatic carbocycles. The summed E-state index contributed by atoms with van der Waals surface area (Å²) in [5.74, 6) is 3.48. The van der Waals surface area contributed by atoms with Crippen LogP contribution in [0.15, 0.2) is 24.3 Å². The molecule has 2 aliphatic rings. The van der Waals surface area contributed by atoms with E-state index in [-0.39, 0.29) is 12.2 Å². The molecule has 2 fully saturated rings. The Morgan fingerprint density at radius 3 is 2.92 bits per heavy atom. The van der Waals surface area contributed by atoms with Crippen LogP contribution in [0.1, 0.15) is 55.2 Å². The molecule has 0 unspecified atom stereocenters. The van der Waals surface area contributed by atoms with Crippen LogP contribution in [0, 0.1) is 0 Å². The number of H-pyrrole nitrogens is 1. The van der Waals surface area contributed by atoms with E-state index in [9.17, 15) is 0 Å². The molecule has 1 saturated carbocycles. The Balaban J connectivity index is 1.15. The maximum atomic E-state index is 6.16. The molecule has 1 aliphatic heterocycles. The summed E-state index contributed by atoms with van der Waals surface area (Å²) in [5, 5.41) is 10.9. The molecule has 5 rings (SSSR count). The summed E-state index contributed by atoms with van der Waals surface area (Å²) in [5.41, 5.74) is 2.21. The number of ether oxygens (including phenoxy) is 1. The molecule has 3 aromatic rings. The number of hydrogen-bond acceptors (Lipinski definition) is 5. The number of hydrogen-bond donors (Lipinski definition) is 2. The third-order valence-corrected chi connectivity index (χ3v) is 5.41. The van der Waals surface area contributed by atoms with Crippen molar-refractivity contribution in [3.05, 3.63) is 41.7 Å². The molecule has 0 amide bonds. The van der Waals surface area contributed by atoms with Crippen LogP contribution in [0.25, 0.3) is 11.0 Å². The van der Waals surface area contributed by atoms with Gasteiger partial charge in [0, 0.05) is 19.5 Å². The fraction of sp³-hybridized carbons (Fsp3) is 0.526. The topological polar surface area (TPSA) is 80.7 Å². The van der Waals surface area contributed by atoms with Crippen molar-refractivity contribution >= 4 is 11.0 Å². The van der Waals surface area contributed by atoms with Crippen LogP contribution in [0.3, 0.4) is 0 Å². The summed E-state index contributed by atoms with van der Waals surface area (Å²) < 4.78 is 8.31. The molecule has 2 atom stereocenters. The van der Waals surface area contributed by atoms with E-state index in [0.717, 1.165) is 48.9 Å². The van der Waals surface area contributed by atoms with Crippen molar-refractivity contribution in [2.24, 2.45) is 7.05 Å². The van der Waals surface area contributed by atoms with Crippen LogP contribution >= 0.6 is 0 Å². The van der Waals surface area contributed by atoms with Gasteiger partial charge in [-0.3, -0.25) is 5.10 Å². The molecule has 0 spiro atoms. The Kier molecular flexibility index (Phi) is 3.98. The van der Waals surface area contributed by atoms with Crippen LogP contribution in [0.5, 0.6) is 0 Å². The van der Waals surface area contributed by atoms with Gasteiger partial charge in [0.05, 0.1) is 23.7 Å². The molecule has 7 nitrogen and oxygen atoms in total. The molecule has 2 N–H and O–H groups in total. The van der Waals surface area contributed by atoms with Crippen molar-refractivity contribution in [2.45, 2.75) is 50.4 Å². The number of nitrogens with zero attached hydrogens (tertiary/aromatic N) is 4. The van der Waals surface area contributed by atoms with Gasteiger partial charge in [-0.1, -0.05) is 12.1 Å². The smallest absolute Gasteiger partial charge is 0.153 e. The molecule has 3 heterocycles. The van der Waals surface area contributed by atoms with Crippen molar-refractivity contribution < 1.29 is 4.74 Å². The average Bonchev–Trinajstić information content (AvgIpc) is 3.07. The fourth-order valence-corrected chi connectivity index (χ4v) is 3.71. The highest BCUT2D eigenvalue weighted by molar-refractivity contribution is 5.75. The number of imidazole rings is 1. The third kappa shape index (κ3) is 3.01. The first kappa shape index (κ1) is 16.0. The molecule has 7 heteroatoms. The maximum absolute atomic E-state index is 6.16. The quantitative estimate of drug-likeness (QED) is 0.713. The van der Waals surface area contributed by atoms with E-state index < -0.39 is 0 Å². The van der Waals surface area contributed by atoms with E-state index in [1.807, 2.05) is 12.1 Å². The summed E-state index contributed by atoms with van der Waals surface area (Å²) in [7, 11) is 2.07. The predicted molar refractivity (Wildman–Crippen MR) is 97.6 cm³/mol. The lowest BCUT2D eigenvalue weighted by Crippen LogP contribution is -2.27. The second-order valence-electron chi connectivity index (χ2n) is 7.38. The number of benzene rings is 1. The van der Waals surface area contributed by atoms with E-state index >= 15 is 0 Å². The summed E-state index contributed by atoms with van der Waals surface area (Å²) in [6.45, 7) is 1.56. The van der Waals surface area contributed by atoms with Crippen molar-refractivity contribution in [3.63, 3.8) is 0 Å². The van der Waals surface area contributed by atoms with Gasteiger partial charge >= 0.3 is 0 Å². The van der Waals surface area contributed by atoms with E-state index in [1.165, 1.54) is 18.4 Å². The minimum Gasteiger partial charge on any atom is -0.366 e. The second-order valence-corrected chi connectivity index (χ2v) is 7.38. The Morgan fingerprint density at radius 2 is 2.08 bits per heavy atom. The molecule has 0 radical (unpaired) electrons. The standard InChI is InChI=1S/C19H24N6O/c1-25-15-5-3-2-4-14(15)21-17(25)11-20-10-13-8-9-16(26-13)19-22-18(23-24-19)12-6-7-12/h2-5,12-13,16,20H,6-11H2,1H3,(H,22,23,24)/t13-,16+/m1/s1. The van der Waals surface area contributed by atoms with Gasteiger partial charge in [-0.2, -0.15) is 5.10 Å². The molecule has 0 bridgehead atoms. The van der Waals surface area contributed by atoms with Gasteiger partial charge in [0.25, 0.3) is 0 Å². The van der Waals surface area contributed by atoms with Gasteiger partial charge in [0.15, 0.2) is 11.6 Å². The second kappa shape index (κ2) is 6.48. The Hall–Kier alpha value is -2.25. The highest BCUT2D eigenvalue weighted by Crippen LogP contribution is 2.39. The van der Waals surface area contributed by atoms with Crippen LogP contribution in [0.4, 0.5) is 0 Å². The Labute approximate surface area is 152 Å². The van der Waals surface area contributed by atoms with Crippen LogP contribution in [-0.4, -0.2) is 37.4 Å². The number of para-hydroxylation sites is 2. The van der Waals surface area contributed by atoms with E-state index in [2.05, 4.69) is 44.2 Å². The van der Waals surface area contributed by atoms with Crippen LogP contribution < -0.4 is 5.32 Å². The number of rotatable bonds is 6. The minimum absolute atomic E-state index is 0.0533. The minimum atomic E-state index is 0.0533. The normalized spacial score (nSPS) is 23.1. The van der Waals surface area contributed by atoms with Gasteiger partial charge in [-0.15, -0.1) is 0 Å². The summed E-state index contributed by atoms with van der Waals surface area (Å²) in [6, 6.07) is 8.23. The largest absolute Gasteiger partial charge is 0.366 e. The number of aryl methyl sites for hydroxylation is 1. The number of fused-ring (bicyclic) bond motifs is 1.